The van der Waals surface area contributed by atoms with Crippen LogP contribution in [0.15, 0.2) is 18.2 Å². The maximum Gasteiger partial charge on any atom is 0.0613 e. The van der Waals surface area contributed by atoms with Gasteiger partial charge in [0.15, 0.2) is 0 Å². The van der Waals surface area contributed by atoms with Crippen molar-refractivity contribution in [1.29, 1.82) is 0 Å². The highest BCUT2D eigenvalue weighted by Gasteiger charge is 2.35. The average molecular weight is 219 g/mol. The van der Waals surface area contributed by atoms with Gasteiger partial charge in [-0.3, -0.25) is 0 Å². The van der Waals surface area contributed by atoms with E-state index in [0.717, 1.165) is 19.4 Å². The monoisotopic (exact) mass is 219 g/mol. The van der Waals surface area contributed by atoms with Crippen molar-refractivity contribution in [2.75, 3.05) is 6.61 Å². The Morgan fingerprint density at radius 3 is 2.31 bits per heavy atom. The summed E-state index contributed by atoms with van der Waals surface area (Å²) < 4.78 is 0. The first kappa shape index (κ1) is 11.6. The number of benzene rings is 1. The van der Waals surface area contributed by atoms with E-state index in [0.29, 0.717) is 0 Å². The van der Waals surface area contributed by atoms with Crippen molar-refractivity contribution in [3.05, 3.63) is 34.9 Å². The summed E-state index contributed by atoms with van der Waals surface area (Å²) in [6.45, 7) is 5.43. The van der Waals surface area contributed by atoms with Gasteiger partial charge in [0.2, 0.25) is 0 Å². The molecule has 0 saturated heterocycles. The molecule has 0 atom stereocenters. The lowest BCUT2D eigenvalue weighted by atomic mass is 9.77. The molecule has 1 aromatic carbocycles. The molecule has 1 fully saturated rings. The number of hydrogen-bond acceptors (Lipinski definition) is 2. The summed E-state index contributed by atoms with van der Waals surface area (Å²) in [4.78, 5) is 0. The fourth-order valence-electron chi connectivity index (χ4n) is 2.40. The van der Waals surface area contributed by atoms with Crippen LogP contribution in [0.2, 0.25) is 0 Å². The molecule has 2 rings (SSSR count). The van der Waals surface area contributed by atoms with Crippen LogP contribution in [0.5, 0.6) is 0 Å². The summed E-state index contributed by atoms with van der Waals surface area (Å²) in [6.07, 6.45) is 3.45. The molecule has 0 unspecified atom stereocenters. The Morgan fingerprint density at radius 2 is 1.88 bits per heavy atom. The Balaban J connectivity index is 2.04. The maximum absolute atomic E-state index is 9.39. The fraction of sp³-hybridized carbons (Fsp3) is 0.571. The first-order chi connectivity index (χ1) is 7.67. The van der Waals surface area contributed by atoms with E-state index in [9.17, 15) is 5.11 Å². The number of aryl methyl sites for hydroxylation is 2. The first-order valence-corrected chi connectivity index (χ1v) is 6.08. The van der Waals surface area contributed by atoms with Gasteiger partial charge in [-0.05, 0) is 49.8 Å². The largest absolute Gasteiger partial charge is 0.394 e. The van der Waals surface area contributed by atoms with Gasteiger partial charge < -0.3 is 10.4 Å². The molecule has 16 heavy (non-hydrogen) atoms. The van der Waals surface area contributed by atoms with E-state index in [4.69, 9.17) is 0 Å². The number of nitrogens with one attached hydrogen (secondary N) is 1. The molecule has 1 aliphatic carbocycles. The van der Waals surface area contributed by atoms with Crippen molar-refractivity contribution in [2.24, 2.45) is 0 Å². The van der Waals surface area contributed by atoms with Crippen LogP contribution >= 0.6 is 0 Å². The summed E-state index contributed by atoms with van der Waals surface area (Å²) in [5.74, 6) is 0. The second-order valence-corrected chi connectivity index (χ2v) is 5.02. The zero-order chi connectivity index (χ0) is 11.6. The second-order valence-electron chi connectivity index (χ2n) is 5.02. The highest BCUT2D eigenvalue weighted by Crippen LogP contribution is 2.31. The van der Waals surface area contributed by atoms with E-state index in [-0.39, 0.29) is 12.1 Å². The van der Waals surface area contributed by atoms with Crippen molar-refractivity contribution in [3.8, 4) is 0 Å². The number of hydrogen-bond donors (Lipinski definition) is 2. The van der Waals surface area contributed by atoms with E-state index < -0.39 is 0 Å². The highest BCUT2D eigenvalue weighted by atomic mass is 16.3. The maximum atomic E-state index is 9.39. The van der Waals surface area contributed by atoms with Gasteiger partial charge in [0.1, 0.15) is 0 Å². The lowest BCUT2D eigenvalue weighted by Gasteiger charge is -2.41. The van der Waals surface area contributed by atoms with Gasteiger partial charge in [0.05, 0.1) is 6.61 Å². The fourth-order valence-corrected chi connectivity index (χ4v) is 2.40. The van der Waals surface area contributed by atoms with Crippen LogP contribution in [0.3, 0.4) is 0 Å². The molecule has 1 aliphatic rings. The normalized spacial score (nSPS) is 18.2. The molecule has 2 N–H and O–H groups in total. The van der Waals surface area contributed by atoms with E-state index in [1.165, 1.54) is 23.1 Å². The Hall–Kier alpha value is -0.860. The predicted octanol–water partition coefficient (Wildman–Crippen LogP) is 2.31. The second kappa shape index (κ2) is 4.56. The minimum Gasteiger partial charge on any atom is -0.394 e. The lowest BCUT2D eigenvalue weighted by Crippen LogP contribution is -2.53. The highest BCUT2D eigenvalue weighted by molar-refractivity contribution is 5.33. The molecule has 2 nitrogen and oxygen atoms in total. The summed E-state index contributed by atoms with van der Waals surface area (Å²) >= 11 is 0. The Labute approximate surface area is 97.7 Å². The summed E-state index contributed by atoms with van der Waals surface area (Å²) in [5.41, 5.74) is 4.05. The van der Waals surface area contributed by atoms with Crippen molar-refractivity contribution >= 4 is 0 Å². The first-order valence-electron chi connectivity index (χ1n) is 6.08. The van der Waals surface area contributed by atoms with Crippen molar-refractivity contribution in [1.82, 2.24) is 5.32 Å². The van der Waals surface area contributed by atoms with Gasteiger partial charge >= 0.3 is 0 Å². The number of aliphatic hydroxyl groups is 1. The molecule has 1 aromatic rings. The minimum absolute atomic E-state index is 0.00865. The van der Waals surface area contributed by atoms with E-state index >= 15 is 0 Å². The van der Waals surface area contributed by atoms with Crippen LogP contribution in [-0.2, 0) is 6.54 Å². The van der Waals surface area contributed by atoms with Gasteiger partial charge in [0, 0.05) is 12.1 Å². The van der Waals surface area contributed by atoms with Crippen LogP contribution in [0, 0.1) is 13.8 Å². The average Bonchev–Trinajstić information content (AvgIpc) is 2.20. The summed E-state index contributed by atoms with van der Waals surface area (Å²) in [6, 6.07) is 6.39. The molecule has 0 aromatic heterocycles. The third kappa shape index (κ3) is 2.13. The van der Waals surface area contributed by atoms with E-state index in [1.807, 2.05) is 0 Å². The van der Waals surface area contributed by atoms with Crippen molar-refractivity contribution < 1.29 is 5.11 Å². The minimum atomic E-state index is 0.00865. The molecule has 0 amide bonds. The SMILES string of the molecule is Cc1cccc(C)c1CNC1(CO)CCC1. The van der Waals surface area contributed by atoms with Gasteiger partial charge in [-0.2, -0.15) is 0 Å². The summed E-state index contributed by atoms with van der Waals surface area (Å²) in [5, 5.41) is 12.9. The zero-order valence-electron chi connectivity index (χ0n) is 10.2. The quantitative estimate of drug-likeness (QED) is 0.814. The van der Waals surface area contributed by atoms with Gasteiger partial charge in [0.25, 0.3) is 0 Å². The molecular weight excluding hydrogens is 198 g/mol. The zero-order valence-corrected chi connectivity index (χ0v) is 10.2. The molecule has 88 valence electrons. The number of rotatable bonds is 4. The lowest BCUT2D eigenvalue weighted by molar-refractivity contribution is 0.0871. The standard InChI is InChI=1S/C14H21NO/c1-11-5-3-6-12(2)13(11)9-15-14(10-16)7-4-8-14/h3,5-6,15-16H,4,7-10H2,1-2H3. The van der Waals surface area contributed by atoms with Gasteiger partial charge in [-0.25, -0.2) is 0 Å². The molecule has 1 saturated carbocycles. The molecular formula is C14H21NO. The Kier molecular flexibility index (Phi) is 3.31. The van der Waals surface area contributed by atoms with Crippen LogP contribution in [0.4, 0.5) is 0 Å². The van der Waals surface area contributed by atoms with Crippen molar-refractivity contribution in [3.63, 3.8) is 0 Å². The molecule has 2 heteroatoms. The molecule has 0 aliphatic heterocycles. The van der Waals surface area contributed by atoms with Crippen LogP contribution in [-0.4, -0.2) is 17.3 Å². The van der Waals surface area contributed by atoms with Gasteiger partial charge in [-0.15, -0.1) is 0 Å². The van der Waals surface area contributed by atoms with Crippen LogP contribution in [0.25, 0.3) is 0 Å². The van der Waals surface area contributed by atoms with E-state index in [2.05, 4.69) is 37.4 Å². The van der Waals surface area contributed by atoms with Gasteiger partial charge in [-0.1, -0.05) is 18.2 Å². The molecule has 0 spiro atoms. The summed E-state index contributed by atoms with van der Waals surface area (Å²) in [7, 11) is 0. The van der Waals surface area contributed by atoms with E-state index in [1.54, 1.807) is 0 Å². The predicted molar refractivity (Wildman–Crippen MR) is 66.4 cm³/mol. The third-order valence-corrected chi connectivity index (χ3v) is 3.90. The topological polar surface area (TPSA) is 32.3 Å². The third-order valence-electron chi connectivity index (χ3n) is 3.90. The molecule has 0 radical (unpaired) electrons. The molecule has 0 bridgehead atoms. The van der Waals surface area contributed by atoms with Crippen LogP contribution in [0.1, 0.15) is 36.0 Å². The smallest absolute Gasteiger partial charge is 0.0613 e. The Bertz CT molecular complexity index is 343. The van der Waals surface area contributed by atoms with Crippen molar-refractivity contribution in [2.45, 2.75) is 45.2 Å². The molecule has 0 heterocycles. The van der Waals surface area contributed by atoms with Crippen LogP contribution < -0.4 is 5.32 Å². The Morgan fingerprint density at radius 1 is 1.25 bits per heavy atom. The number of aliphatic hydroxyl groups excluding tert-OH is 1.